The summed E-state index contributed by atoms with van der Waals surface area (Å²) in [6.07, 6.45) is 0.853. The van der Waals surface area contributed by atoms with Crippen molar-refractivity contribution < 1.29 is 0 Å². The summed E-state index contributed by atoms with van der Waals surface area (Å²) in [5.74, 6) is 1.07. The average molecular weight is 657 g/mol. The molecule has 0 radical (unpaired) electrons. The number of rotatable bonds is 5. The zero-order valence-corrected chi connectivity index (χ0v) is 28.4. The number of aromatic nitrogens is 2. The molecule has 10 aromatic rings. The summed E-state index contributed by atoms with van der Waals surface area (Å²) >= 11 is 1.87. The zero-order valence-electron chi connectivity index (χ0n) is 27.6. The Hall–Kier alpha value is -6.03. The van der Waals surface area contributed by atoms with Gasteiger partial charge < -0.3 is 0 Å². The van der Waals surface area contributed by atoms with E-state index in [4.69, 9.17) is 4.98 Å². The number of nitrogens with zero attached hydrogens (tertiary/aromatic N) is 2. The van der Waals surface area contributed by atoms with Crippen molar-refractivity contribution in [3.8, 4) is 39.1 Å². The van der Waals surface area contributed by atoms with Crippen LogP contribution in [0, 0.1) is 0 Å². The Kier molecular flexibility index (Phi) is 6.68. The summed E-state index contributed by atoms with van der Waals surface area (Å²) in [6, 6.07) is 60.1. The molecule has 3 heteroatoms. The lowest BCUT2D eigenvalue weighted by Gasteiger charge is -2.19. The van der Waals surface area contributed by atoms with Gasteiger partial charge in [0.05, 0.1) is 11.0 Å². The number of thiophene rings is 1. The Balaban J connectivity index is 1.29. The fraction of sp³-hybridized carbons (Fsp3) is 0.0426. The Morgan fingerprint density at radius 3 is 1.92 bits per heavy atom. The van der Waals surface area contributed by atoms with Crippen LogP contribution in [0.1, 0.15) is 12.7 Å². The van der Waals surface area contributed by atoms with Crippen LogP contribution in [-0.4, -0.2) is 9.55 Å². The van der Waals surface area contributed by atoms with Gasteiger partial charge in [-0.05, 0) is 103 Å². The van der Waals surface area contributed by atoms with E-state index in [1.807, 2.05) is 11.3 Å². The summed E-state index contributed by atoms with van der Waals surface area (Å²) in [7, 11) is 0. The number of fused-ring (bicyclic) bond motifs is 6. The first kappa shape index (κ1) is 28.9. The Morgan fingerprint density at radius 2 is 1.08 bits per heavy atom. The molecule has 0 fully saturated rings. The van der Waals surface area contributed by atoms with Crippen LogP contribution in [0.15, 0.2) is 164 Å². The molecule has 0 aliphatic carbocycles. The maximum Gasteiger partial charge on any atom is 0.114 e. The van der Waals surface area contributed by atoms with Crippen molar-refractivity contribution >= 4 is 64.1 Å². The summed E-state index contributed by atoms with van der Waals surface area (Å²) < 4.78 is 4.97. The van der Waals surface area contributed by atoms with Crippen molar-refractivity contribution in [2.24, 2.45) is 0 Å². The van der Waals surface area contributed by atoms with Crippen LogP contribution in [0.4, 0.5) is 0 Å². The minimum absolute atomic E-state index is 0.853. The highest BCUT2D eigenvalue weighted by molar-refractivity contribution is 7.25. The monoisotopic (exact) mass is 656 g/mol. The minimum atomic E-state index is 0.853. The molecule has 2 nitrogen and oxygen atoms in total. The molecule has 0 bridgehead atoms. The fourth-order valence-corrected chi connectivity index (χ4v) is 8.98. The smallest absolute Gasteiger partial charge is 0.114 e. The molecule has 8 aromatic carbocycles. The van der Waals surface area contributed by atoms with Crippen molar-refractivity contribution in [1.82, 2.24) is 9.55 Å². The maximum atomic E-state index is 4.99. The molecule has 236 valence electrons. The molecule has 0 N–H and O–H groups in total. The van der Waals surface area contributed by atoms with E-state index in [2.05, 4.69) is 175 Å². The number of imidazole rings is 1. The molecule has 0 saturated carbocycles. The molecule has 0 saturated heterocycles. The molecule has 50 heavy (non-hydrogen) atoms. The molecule has 0 spiro atoms. The van der Waals surface area contributed by atoms with E-state index < -0.39 is 0 Å². The van der Waals surface area contributed by atoms with Crippen molar-refractivity contribution in [3.05, 3.63) is 170 Å². The molecule has 2 aromatic heterocycles. The SMILES string of the molecule is CCc1nc2ccccc2n1-c1cccc(-c2c3ccccc3c(-c3ccc4sc5ccccc5c4c3)c3cc(-c4ccccc4)ccc23)c1. The van der Waals surface area contributed by atoms with Crippen LogP contribution in [0.3, 0.4) is 0 Å². The first-order valence-corrected chi connectivity index (χ1v) is 18.1. The summed E-state index contributed by atoms with van der Waals surface area (Å²) in [4.78, 5) is 4.99. The van der Waals surface area contributed by atoms with Crippen LogP contribution in [0.2, 0.25) is 0 Å². The largest absolute Gasteiger partial charge is 0.296 e. The van der Waals surface area contributed by atoms with Gasteiger partial charge in [-0.2, -0.15) is 0 Å². The van der Waals surface area contributed by atoms with Gasteiger partial charge >= 0.3 is 0 Å². The van der Waals surface area contributed by atoms with Gasteiger partial charge in [-0.25, -0.2) is 4.98 Å². The third-order valence-electron chi connectivity index (χ3n) is 10.1. The Morgan fingerprint density at radius 1 is 0.460 bits per heavy atom. The molecule has 0 aliphatic heterocycles. The number of aryl methyl sites for hydroxylation is 1. The molecular formula is C47H32N2S. The quantitative estimate of drug-likeness (QED) is 0.169. The predicted octanol–water partition coefficient (Wildman–Crippen LogP) is 13.3. The van der Waals surface area contributed by atoms with Crippen molar-refractivity contribution in [2.75, 3.05) is 0 Å². The highest BCUT2D eigenvalue weighted by Crippen LogP contribution is 2.46. The maximum absolute atomic E-state index is 4.99. The standard InChI is InChI=1S/C47H32N2S/c1-2-45-48-41-20-9-10-21-42(41)49(45)34-16-12-15-32(27-34)46-36-18-6-7-19-37(36)47(40-28-31(23-25-38(40)46)30-13-4-3-5-14-30)33-24-26-44-39(29-33)35-17-8-11-22-43(35)50-44/h3-29H,2H2,1H3. The second-order valence-electron chi connectivity index (χ2n) is 13.0. The van der Waals surface area contributed by atoms with Gasteiger partial charge in [-0.1, -0.05) is 122 Å². The van der Waals surface area contributed by atoms with E-state index in [9.17, 15) is 0 Å². The molecule has 0 unspecified atom stereocenters. The van der Waals surface area contributed by atoms with Crippen LogP contribution in [-0.2, 0) is 6.42 Å². The van der Waals surface area contributed by atoms with Crippen LogP contribution < -0.4 is 0 Å². The molecular weight excluding hydrogens is 625 g/mol. The van der Waals surface area contributed by atoms with Gasteiger partial charge in [0, 0.05) is 32.3 Å². The number of hydrogen-bond donors (Lipinski definition) is 0. The number of para-hydroxylation sites is 2. The normalized spacial score (nSPS) is 11.8. The van der Waals surface area contributed by atoms with E-state index >= 15 is 0 Å². The van der Waals surface area contributed by atoms with Gasteiger partial charge in [-0.15, -0.1) is 11.3 Å². The van der Waals surface area contributed by atoms with Gasteiger partial charge in [0.15, 0.2) is 0 Å². The zero-order chi connectivity index (χ0) is 33.2. The molecule has 0 amide bonds. The number of benzene rings is 8. The summed E-state index contributed by atoms with van der Waals surface area (Å²) in [5, 5.41) is 7.65. The summed E-state index contributed by atoms with van der Waals surface area (Å²) in [6.45, 7) is 2.18. The van der Waals surface area contributed by atoms with E-state index in [1.54, 1.807) is 0 Å². The van der Waals surface area contributed by atoms with E-state index in [1.165, 1.54) is 75.1 Å². The third-order valence-corrected chi connectivity index (χ3v) is 11.3. The Labute approximate surface area is 294 Å². The van der Waals surface area contributed by atoms with Crippen molar-refractivity contribution in [1.29, 1.82) is 0 Å². The van der Waals surface area contributed by atoms with E-state index in [0.717, 1.165) is 29.0 Å². The van der Waals surface area contributed by atoms with Gasteiger partial charge in [0.2, 0.25) is 0 Å². The molecule has 2 heterocycles. The van der Waals surface area contributed by atoms with Gasteiger partial charge in [0.25, 0.3) is 0 Å². The highest BCUT2D eigenvalue weighted by atomic mass is 32.1. The van der Waals surface area contributed by atoms with Crippen LogP contribution in [0.5, 0.6) is 0 Å². The van der Waals surface area contributed by atoms with Gasteiger partial charge in [0.1, 0.15) is 5.82 Å². The van der Waals surface area contributed by atoms with Crippen molar-refractivity contribution in [2.45, 2.75) is 13.3 Å². The highest BCUT2D eigenvalue weighted by Gasteiger charge is 2.20. The first-order chi connectivity index (χ1) is 24.7. The van der Waals surface area contributed by atoms with E-state index in [0.29, 0.717) is 0 Å². The summed E-state index contributed by atoms with van der Waals surface area (Å²) in [5.41, 5.74) is 10.7. The Bertz CT molecular complexity index is 2910. The van der Waals surface area contributed by atoms with Crippen LogP contribution >= 0.6 is 11.3 Å². The predicted molar refractivity (Wildman–Crippen MR) is 215 cm³/mol. The first-order valence-electron chi connectivity index (χ1n) is 17.3. The van der Waals surface area contributed by atoms with Crippen LogP contribution in [0.25, 0.3) is 91.8 Å². The lowest BCUT2D eigenvalue weighted by Crippen LogP contribution is -2.00. The third kappa shape index (κ3) is 4.51. The second kappa shape index (κ2) is 11.5. The lowest BCUT2D eigenvalue weighted by molar-refractivity contribution is 0.908. The van der Waals surface area contributed by atoms with E-state index in [-0.39, 0.29) is 0 Å². The van der Waals surface area contributed by atoms with Crippen molar-refractivity contribution in [3.63, 3.8) is 0 Å². The average Bonchev–Trinajstić information content (AvgIpc) is 3.75. The molecule has 0 atom stereocenters. The van der Waals surface area contributed by atoms with Gasteiger partial charge in [-0.3, -0.25) is 4.57 Å². The molecule has 10 rings (SSSR count). The molecule has 0 aliphatic rings. The topological polar surface area (TPSA) is 17.8 Å². The fourth-order valence-electron chi connectivity index (χ4n) is 7.89. The minimum Gasteiger partial charge on any atom is -0.296 e. The number of hydrogen-bond acceptors (Lipinski definition) is 2. The second-order valence-corrected chi connectivity index (χ2v) is 14.1. The lowest BCUT2D eigenvalue weighted by atomic mass is 9.84.